The summed E-state index contributed by atoms with van der Waals surface area (Å²) in [7, 11) is 0. The van der Waals surface area contributed by atoms with E-state index in [2.05, 4.69) is 196 Å². The molecule has 0 aromatic heterocycles. The molecule has 2 aliphatic rings. The molecule has 0 heterocycles. The van der Waals surface area contributed by atoms with Crippen molar-refractivity contribution in [2.45, 2.75) is 38.0 Å². The number of allylic oxidation sites excluding steroid dienone is 4. The number of rotatable bonds is 7. The number of para-hydroxylation sites is 2. The lowest BCUT2D eigenvalue weighted by Gasteiger charge is -2.35. The van der Waals surface area contributed by atoms with Crippen molar-refractivity contribution in [1.29, 1.82) is 0 Å². The second-order valence-electron chi connectivity index (χ2n) is 13.2. The van der Waals surface area contributed by atoms with Gasteiger partial charge in [0.1, 0.15) is 0 Å². The Morgan fingerprint density at radius 1 is 0.532 bits per heavy atom. The van der Waals surface area contributed by atoms with E-state index in [1.54, 1.807) is 0 Å². The normalized spacial score (nSPS) is 17.0. The van der Waals surface area contributed by atoms with E-state index in [4.69, 9.17) is 0 Å². The first-order valence-corrected chi connectivity index (χ1v) is 16.7. The maximum atomic E-state index is 2.48. The average molecular weight is 606 g/mol. The first kappa shape index (κ1) is 29.0. The molecule has 8 rings (SSSR count). The van der Waals surface area contributed by atoms with Crippen molar-refractivity contribution in [1.82, 2.24) is 0 Å². The fourth-order valence-corrected chi connectivity index (χ4v) is 8.24. The lowest BCUT2D eigenvalue weighted by molar-refractivity contribution is 0.638. The molecule has 0 saturated carbocycles. The Kier molecular flexibility index (Phi) is 7.07. The van der Waals surface area contributed by atoms with Gasteiger partial charge >= 0.3 is 0 Å². The van der Waals surface area contributed by atoms with E-state index in [1.165, 1.54) is 50.1 Å². The second kappa shape index (κ2) is 11.4. The zero-order valence-corrected chi connectivity index (χ0v) is 27.3. The van der Waals surface area contributed by atoms with Crippen LogP contribution in [0.25, 0.3) is 22.3 Å². The van der Waals surface area contributed by atoms with Crippen LogP contribution in [0.4, 0.5) is 17.1 Å². The van der Waals surface area contributed by atoms with E-state index < -0.39 is 5.41 Å². The smallest absolute Gasteiger partial charge is 0.0505 e. The van der Waals surface area contributed by atoms with E-state index in [0.29, 0.717) is 0 Å². The summed E-state index contributed by atoms with van der Waals surface area (Å²) in [6.45, 7) is 6.85. The third-order valence-corrected chi connectivity index (χ3v) is 10.3. The van der Waals surface area contributed by atoms with E-state index in [1.807, 2.05) is 0 Å². The van der Waals surface area contributed by atoms with Crippen LogP contribution in [0, 0.1) is 0 Å². The van der Waals surface area contributed by atoms with Gasteiger partial charge in [0.2, 0.25) is 0 Å². The monoisotopic (exact) mass is 605 g/mol. The predicted molar refractivity (Wildman–Crippen MR) is 199 cm³/mol. The van der Waals surface area contributed by atoms with Crippen molar-refractivity contribution >= 4 is 17.1 Å². The van der Waals surface area contributed by atoms with Crippen molar-refractivity contribution in [3.05, 3.63) is 198 Å². The van der Waals surface area contributed by atoms with Crippen molar-refractivity contribution in [3.63, 3.8) is 0 Å². The number of nitrogens with zero attached hydrogens (tertiary/aromatic N) is 1. The Bertz CT molecular complexity index is 2100. The molecule has 0 radical (unpaired) electrons. The molecule has 6 aromatic carbocycles. The summed E-state index contributed by atoms with van der Waals surface area (Å²) in [6.07, 6.45) is 9.69. The number of hydrogen-bond donors (Lipinski definition) is 0. The predicted octanol–water partition coefficient (Wildman–Crippen LogP) is 12.3. The lowest BCUT2D eigenvalue weighted by Crippen LogP contribution is -2.28. The Labute approximate surface area is 279 Å². The zero-order chi connectivity index (χ0) is 32.0. The van der Waals surface area contributed by atoms with Gasteiger partial charge in [0.05, 0.1) is 5.41 Å². The minimum atomic E-state index is -0.391. The Hall–Kier alpha value is -5.40. The van der Waals surface area contributed by atoms with Crippen LogP contribution in [0.2, 0.25) is 0 Å². The fraction of sp³-hybridized carbons (Fsp3) is 0.130. The largest absolute Gasteiger partial charge is 0.310 e. The summed E-state index contributed by atoms with van der Waals surface area (Å²) in [4.78, 5) is 2.39. The van der Waals surface area contributed by atoms with Crippen LogP contribution in [0.1, 0.15) is 55.0 Å². The first-order chi connectivity index (χ1) is 23.1. The molecule has 0 aliphatic heterocycles. The van der Waals surface area contributed by atoms with Gasteiger partial charge in [0, 0.05) is 22.5 Å². The van der Waals surface area contributed by atoms with Gasteiger partial charge in [-0.15, -0.1) is 0 Å². The van der Waals surface area contributed by atoms with Gasteiger partial charge in [-0.1, -0.05) is 147 Å². The molecule has 6 aromatic rings. The number of anilines is 3. The van der Waals surface area contributed by atoms with Crippen LogP contribution in [0.3, 0.4) is 0 Å². The van der Waals surface area contributed by atoms with Crippen molar-refractivity contribution in [3.8, 4) is 22.3 Å². The van der Waals surface area contributed by atoms with E-state index >= 15 is 0 Å². The van der Waals surface area contributed by atoms with Gasteiger partial charge in [-0.05, 0) is 99.8 Å². The summed E-state index contributed by atoms with van der Waals surface area (Å²) >= 11 is 0. The topological polar surface area (TPSA) is 3.24 Å². The van der Waals surface area contributed by atoms with E-state index in [0.717, 1.165) is 23.5 Å². The summed E-state index contributed by atoms with van der Waals surface area (Å²) in [5, 5.41) is 0. The maximum absolute atomic E-state index is 2.48. The molecule has 228 valence electrons. The molecular formula is C46H39N. The highest BCUT2D eigenvalue weighted by Crippen LogP contribution is 2.62. The van der Waals surface area contributed by atoms with Crippen LogP contribution in [-0.2, 0) is 10.8 Å². The third kappa shape index (κ3) is 4.45. The second-order valence-corrected chi connectivity index (χ2v) is 13.2. The third-order valence-electron chi connectivity index (χ3n) is 10.3. The minimum absolute atomic E-state index is 0.0818. The highest BCUT2D eigenvalue weighted by atomic mass is 15.1. The highest BCUT2D eigenvalue weighted by molar-refractivity contribution is 5.96. The lowest BCUT2D eigenvalue weighted by atomic mass is 9.67. The molecular weight excluding hydrogens is 567 g/mol. The van der Waals surface area contributed by atoms with Gasteiger partial charge in [0.15, 0.2) is 0 Å². The zero-order valence-electron chi connectivity index (χ0n) is 27.3. The summed E-state index contributed by atoms with van der Waals surface area (Å²) < 4.78 is 0. The Morgan fingerprint density at radius 3 is 1.83 bits per heavy atom. The van der Waals surface area contributed by atoms with Gasteiger partial charge in [0.25, 0.3) is 0 Å². The molecule has 0 N–H and O–H groups in total. The molecule has 2 aliphatic carbocycles. The molecule has 0 amide bonds. The average Bonchev–Trinajstić information content (AvgIpc) is 3.54. The molecule has 0 bridgehead atoms. The molecule has 47 heavy (non-hydrogen) atoms. The van der Waals surface area contributed by atoms with Gasteiger partial charge in [-0.3, -0.25) is 0 Å². The van der Waals surface area contributed by atoms with E-state index in [-0.39, 0.29) is 5.41 Å². The van der Waals surface area contributed by atoms with Gasteiger partial charge in [-0.25, -0.2) is 0 Å². The van der Waals surface area contributed by atoms with Crippen molar-refractivity contribution < 1.29 is 0 Å². The van der Waals surface area contributed by atoms with Crippen molar-refractivity contribution in [2.24, 2.45) is 0 Å². The molecule has 1 heteroatoms. The Balaban J connectivity index is 1.46. The van der Waals surface area contributed by atoms with E-state index in [9.17, 15) is 0 Å². The van der Waals surface area contributed by atoms with Crippen molar-refractivity contribution in [2.75, 3.05) is 4.90 Å². The number of benzene rings is 6. The first-order valence-electron chi connectivity index (χ1n) is 16.7. The van der Waals surface area contributed by atoms with Crippen LogP contribution in [-0.4, -0.2) is 0 Å². The fourth-order valence-electron chi connectivity index (χ4n) is 8.24. The molecule has 1 atom stereocenters. The molecule has 0 spiro atoms. The quantitative estimate of drug-likeness (QED) is 0.164. The number of hydrogen-bond acceptors (Lipinski definition) is 1. The Morgan fingerprint density at radius 2 is 1.15 bits per heavy atom. The van der Waals surface area contributed by atoms with Gasteiger partial charge in [-0.2, -0.15) is 0 Å². The minimum Gasteiger partial charge on any atom is -0.310 e. The summed E-state index contributed by atoms with van der Waals surface area (Å²) in [5.74, 6) is 0. The standard InChI is InChI=1S/C46H39N/c1-4-5-6-18-31-46(33-19-10-7-11-20-33)42-32-36(47(34-21-12-8-13-22-34)35-23-14-9-15-24-35)27-28-37(42)38-29-30-41-43(44(38)46)39-25-16-17-26-40(39)45(41,2)3/h4-30,32H,31H2,1-3H3/b5-4-,18-6-. The SMILES string of the molecule is C/C=C\C=C/CC1(c2ccccc2)c2cc(N(c3ccccc3)c3ccccc3)ccc2-c2ccc3c(c21)-c1ccccc1C3(C)C. The van der Waals surface area contributed by atoms with Gasteiger partial charge < -0.3 is 4.90 Å². The van der Waals surface area contributed by atoms with Crippen LogP contribution in [0.15, 0.2) is 170 Å². The van der Waals surface area contributed by atoms with Crippen LogP contribution >= 0.6 is 0 Å². The molecule has 0 fully saturated rings. The number of fused-ring (bicyclic) bond motifs is 7. The van der Waals surface area contributed by atoms with Crippen LogP contribution in [0.5, 0.6) is 0 Å². The molecule has 0 saturated heterocycles. The summed E-state index contributed by atoms with van der Waals surface area (Å²) in [6, 6.07) is 53.7. The highest BCUT2D eigenvalue weighted by Gasteiger charge is 2.49. The molecule has 1 nitrogen and oxygen atoms in total. The maximum Gasteiger partial charge on any atom is 0.0505 e. The van der Waals surface area contributed by atoms with Crippen LogP contribution < -0.4 is 4.90 Å². The molecule has 1 unspecified atom stereocenters. The summed E-state index contributed by atoms with van der Waals surface area (Å²) in [5.41, 5.74) is 15.3.